The van der Waals surface area contributed by atoms with Gasteiger partial charge >= 0.3 is 0 Å². The van der Waals surface area contributed by atoms with Crippen LogP contribution in [-0.2, 0) is 0 Å². The van der Waals surface area contributed by atoms with Gasteiger partial charge in [0.2, 0.25) is 0 Å². The molecule has 0 aromatic rings. The van der Waals surface area contributed by atoms with Crippen molar-refractivity contribution in [3.05, 3.63) is 0 Å². The van der Waals surface area contributed by atoms with Crippen LogP contribution in [0.5, 0.6) is 0 Å². The van der Waals surface area contributed by atoms with Gasteiger partial charge in [-0.1, -0.05) is 0 Å². The van der Waals surface area contributed by atoms with Crippen molar-refractivity contribution in [2.24, 2.45) is 5.73 Å². The van der Waals surface area contributed by atoms with Gasteiger partial charge in [-0.25, -0.2) is 0 Å². The summed E-state index contributed by atoms with van der Waals surface area (Å²) in [6.07, 6.45) is -0.421. The molecule has 56 valence electrons. The SMILES string of the molecule is CC(N)[N+](C)(C)C(C)O. The Labute approximate surface area is 56.7 Å². The summed E-state index contributed by atoms with van der Waals surface area (Å²) in [6, 6.07) is 0. The Hall–Kier alpha value is -0.120. The standard InChI is InChI=1S/C6H17N2O/c1-5(7)8(3,4)6(2)9/h5-6,9H,7H2,1-4H3/q+1. The minimum atomic E-state index is -0.398. The highest BCUT2D eigenvalue weighted by Crippen LogP contribution is 2.05. The van der Waals surface area contributed by atoms with Gasteiger partial charge in [0.05, 0.1) is 14.1 Å². The first-order valence-corrected chi connectivity index (χ1v) is 3.16. The molecule has 0 heterocycles. The van der Waals surface area contributed by atoms with Gasteiger partial charge in [-0.3, -0.25) is 10.2 Å². The normalized spacial score (nSPS) is 19.3. The molecule has 0 amide bonds. The molecule has 0 aliphatic rings. The summed E-state index contributed by atoms with van der Waals surface area (Å²) in [4.78, 5) is 0. The predicted molar refractivity (Wildman–Crippen MR) is 37.4 cm³/mol. The van der Waals surface area contributed by atoms with Crippen molar-refractivity contribution < 1.29 is 9.59 Å². The molecule has 2 unspecified atom stereocenters. The van der Waals surface area contributed by atoms with E-state index < -0.39 is 6.23 Å². The average Bonchev–Trinajstić information content (AvgIpc) is 1.65. The summed E-state index contributed by atoms with van der Waals surface area (Å²) in [5.41, 5.74) is 5.58. The second-order valence-electron chi connectivity index (χ2n) is 3.00. The van der Waals surface area contributed by atoms with Crippen molar-refractivity contribution in [3.63, 3.8) is 0 Å². The van der Waals surface area contributed by atoms with E-state index in [9.17, 15) is 0 Å². The number of nitrogens with zero attached hydrogens (tertiary/aromatic N) is 1. The van der Waals surface area contributed by atoms with Crippen molar-refractivity contribution in [2.75, 3.05) is 14.1 Å². The van der Waals surface area contributed by atoms with E-state index in [0.717, 1.165) is 0 Å². The molecule has 9 heavy (non-hydrogen) atoms. The molecule has 3 nitrogen and oxygen atoms in total. The summed E-state index contributed by atoms with van der Waals surface area (Å²) in [5, 5.41) is 9.14. The van der Waals surface area contributed by atoms with Crippen molar-refractivity contribution >= 4 is 0 Å². The fourth-order valence-electron chi connectivity index (χ4n) is 0.340. The number of rotatable bonds is 2. The third-order valence-electron chi connectivity index (χ3n) is 2.01. The lowest BCUT2D eigenvalue weighted by Crippen LogP contribution is -2.57. The number of nitrogens with two attached hydrogens (primary N) is 1. The molecule has 0 spiro atoms. The van der Waals surface area contributed by atoms with Gasteiger partial charge in [-0.05, 0) is 0 Å². The summed E-state index contributed by atoms with van der Waals surface area (Å²) in [7, 11) is 3.80. The van der Waals surface area contributed by atoms with E-state index in [4.69, 9.17) is 10.8 Å². The molecule has 0 radical (unpaired) electrons. The van der Waals surface area contributed by atoms with Gasteiger partial charge in [-0.2, -0.15) is 0 Å². The smallest absolute Gasteiger partial charge is 0.188 e. The molecule has 0 aromatic heterocycles. The van der Waals surface area contributed by atoms with Crippen LogP contribution in [0.1, 0.15) is 13.8 Å². The highest BCUT2D eigenvalue weighted by atomic mass is 16.3. The minimum absolute atomic E-state index is 0.0231. The maximum absolute atomic E-state index is 9.14. The van der Waals surface area contributed by atoms with Crippen LogP contribution in [0.25, 0.3) is 0 Å². The van der Waals surface area contributed by atoms with E-state index in [1.165, 1.54) is 0 Å². The molecule has 0 aliphatic carbocycles. The van der Waals surface area contributed by atoms with E-state index in [1.807, 2.05) is 21.0 Å². The largest absolute Gasteiger partial charge is 0.345 e. The van der Waals surface area contributed by atoms with Crippen molar-refractivity contribution in [1.82, 2.24) is 0 Å². The Bertz CT molecular complexity index is 79.1. The van der Waals surface area contributed by atoms with Gasteiger partial charge in [0.15, 0.2) is 6.23 Å². The molecule has 0 fully saturated rings. The lowest BCUT2D eigenvalue weighted by Gasteiger charge is -2.36. The first-order chi connectivity index (χ1) is 3.89. The quantitative estimate of drug-likeness (QED) is 0.401. The molecule has 0 aromatic carbocycles. The van der Waals surface area contributed by atoms with Gasteiger partial charge in [0.1, 0.15) is 6.17 Å². The monoisotopic (exact) mass is 133 g/mol. The lowest BCUT2D eigenvalue weighted by atomic mass is 10.4. The Kier molecular flexibility index (Phi) is 2.61. The Morgan fingerprint density at radius 3 is 1.67 bits per heavy atom. The third-order valence-corrected chi connectivity index (χ3v) is 2.01. The van der Waals surface area contributed by atoms with Crippen molar-refractivity contribution in [2.45, 2.75) is 26.2 Å². The zero-order chi connectivity index (χ0) is 7.65. The maximum atomic E-state index is 9.14. The molecule has 3 heteroatoms. The zero-order valence-electron chi connectivity index (χ0n) is 6.63. The predicted octanol–water partition coefficient (Wildman–Crippen LogP) is -0.294. The molecule has 0 saturated carbocycles. The molecule has 2 atom stereocenters. The third kappa shape index (κ3) is 1.93. The number of hydrogen-bond donors (Lipinski definition) is 2. The first-order valence-electron chi connectivity index (χ1n) is 3.16. The molecular formula is C6H17N2O+. The number of hydrogen-bond acceptors (Lipinski definition) is 2. The Morgan fingerprint density at radius 2 is 1.67 bits per heavy atom. The molecule has 3 N–H and O–H groups in total. The van der Waals surface area contributed by atoms with Gasteiger partial charge in [-0.15, -0.1) is 0 Å². The van der Waals surface area contributed by atoms with Crippen molar-refractivity contribution in [3.8, 4) is 0 Å². The molecular weight excluding hydrogens is 116 g/mol. The van der Waals surface area contributed by atoms with E-state index in [2.05, 4.69) is 0 Å². The summed E-state index contributed by atoms with van der Waals surface area (Å²) < 4.78 is 0.444. The van der Waals surface area contributed by atoms with Crippen LogP contribution in [0.2, 0.25) is 0 Å². The summed E-state index contributed by atoms with van der Waals surface area (Å²) >= 11 is 0. The van der Waals surface area contributed by atoms with Crippen LogP contribution in [0.4, 0.5) is 0 Å². The minimum Gasteiger partial charge on any atom is -0.345 e. The van der Waals surface area contributed by atoms with E-state index in [1.54, 1.807) is 6.92 Å². The topological polar surface area (TPSA) is 46.2 Å². The van der Waals surface area contributed by atoms with Crippen LogP contribution in [0.15, 0.2) is 0 Å². The van der Waals surface area contributed by atoms with E-state index >= 15 is 0 Å². The van der Waals surface area contributed by atoms with E-state index in [0.29, 0.717) is 4.48 Å². The van der Waals surface area contributed by atoms with Gasteiger partial charge in [0, 0.05) is 13.8 Å². The Balaban J connectivity index is 4.01. The molecule has 0 rings (SSSR count). The zero-order valence-corrected chi connectivity index (χ0v) is 6.63. The van der Waals surface area contributed by atoms with Gasteiger partial charge < -0.3 is 5.11 Å². The van der Waals surface area contributed by atoms with Crippen molar-refractivity contribution in [1.29, 1.82) is 0 Å². The average molecular weight is 133 g/mol. The van der Waals surface area contributed by atoms with Crippen LogP contribution in [-0.4, -0.2) is 36.1 Å². The fourth-order valence-corrected chi connectivity index (χ4v) is 0.340. The van der Waals surface area contributed by atoms with Crippen LogP contribution in [0, 0.1) is 0 Å². The highest BCUT2D eigenvalue weighted by Gasteiger charge is 2.25. The second kappa shape index (κ2) is 2.64. The summed E-state index contributed by atoms with van der Waals surface area (Å²) in [6.45, 7) is 3.62. The van der Waals surface area contributed by atoms with Crippen LogP contribution in [0.3, 0.4) is 0 Å². The molecule has 0 aliphatic heterocycles. The Morgan fingerprint density at radius 1 is 1.33 bits per heavy atom. The lowest BCUT2D eigenvalue weighted by molar-refractivity contribution is -0.955. The highest BCUT2D eigenvalue weighted by molar-refractivity contribution is 4.37. The van der Waals surface area contributed by atoms with Crippen LogP contribution >= 0.6 is 0 Å². The fraction of sp³-hybridized carbons (Fsp3) is 1.00. The maximum Gasteiger partial charge on any atom is 0.188 e. The first kappa shape index (κ1) is 8.88. The van der Waals surface area contributed by atoms with E-state index in [-0.39, 0.29) is 6.17 Å². The number of aliphatic hydroxyl groups is 1. The molecule has 0 bridgehead atoms. The van der Waals surface area contributed by atoms with Crippen LogP contribution < -0.4 is 5.73 Å². The number of quaternary nitrogens is 1. The molecule has 0 saturated heterocycles. The number of aliphatic hydroxyl groups excluding tert-OH is 1. The summed E-state index contributed by atoms with van der Waals surface area (Å²) in [5.74, 6) is 0. The van der Waals surface area contributed by atoms with Gasteiger partial charge in [0.25, 0.3) is 0 Å². The second-order valence-corrected chi connectivity index (χ2v) is 3.00.